The van der Waals surface area contributed by atoms with Gasteiger partial charge in [0.25, 0.3) is 0 Å². The van der Waals surface area contributed by atoms with Crippen molar-refractivity contribution in [3.05, 3.63) is 46.6 Å². The average Bonchev–Trinajstić information content (AvgIpc) is 3.03. The van der Waals surface area contributed by atoms with Gasteiger partial charge in [0.05, 0.1) is 9.37 Å². The molecule has 0 bridgehead atoms. The number of benzene rings is 1. The van der Waals surface area contributed by atoms with Gasteiger partial charge in [0, 0.05) is 32.4 Å². The Bertz CT molecular complexity index is 1570. The van der Waals surface area contributed by atoms with Crippen LogP contribution in [-0.2, 0) is 30.3 Å². The Balaban J connectivity index is 1.20. The zero-order valence-electron chi connectivity index (χ0n) is 27.8. The van der Waals surface area contributed by atoms with E-state index in [-0.39, 0.29) is 16.7 Å². The molecule has 0 amide bonds. The summed E-state index contributed by atoms with van der Waals surface area (Å²) in [4.78, 5) is 18.5. The van der Waals surface area contributed by atoms with Crippen LogP contribution in [-0.4, -0.2) is 81.4 Å². The fourth-order valence-corrected chi connectivity index (χ4v) is 10.2. The molecule has 2 saturated heterocycles. The minimum absolute atomic E-state index is 0.0198. The number of piperidine rings is 2. The van der Waals surface area contributed by atoms with Gasteiger partial charge in [0.2, 0.25) is 20.0 Å². The van der Waals surface area contributed by atoms with Crippen molar-refractivity contribution >= 4 is 59.5 Å². The number of halogens is 1. The molecule has 2 aliphatic rings. The van der Waals surface area contributed by atoms with E-state index in [0.29, 0.717) is 45.9 Å². The lowest BCUT2D eigenvalue weighted by Crippen LogP contribution is -2.41. The lowest BCUT2D eigenvalue weighted by molar-refractivity contribution is -0.139. The number of pyridine rings is 1. The lowest BCUT2D eigenvalue weighted by atomic mass is 9.87. The van der Waals surface area contributed by atoms with Gasteiger partial charge < -0.3 is 10.0 Å². The van der Waals surface area contributed by atoms with Crippen LogP contribution in [0.2, 0.25) is 0 Å². The summed E-state index contributed by atoms with van der Waals surface area (Å²) in [5, 5.41) is 9.43. The summed E-state index contributed by atoms with van der Waals surface area (Å²) in [6, 6.07) is 7.63. The topological polar surface area (TPSA) is 137 Å². The van der Waals surface area contributed by atoms with E-state index in [9.17, 15) is 26.7 Å². The Morgan fingerprint density at radius 1 is 1.00 bits per heavy atom. The molecule has 0 radical (unpaired) electrons. The highest BCUT2D eigenvalue weighted by atomic mass is 79.9. The summed E-state index contributed by atoms with van der Waals surface area (Å²) < 4.78 is 56.7. The second-order valence-electron chi connectivity index (χ2n) is 13.8. The van der Waals surface area contributed by atoms with Crippen LogP contribution < -0.4 is 9.62 Å². The highest BCUT2D eigenvalue weighted by Crippen LogP contribution is 2.33. The first-order chi connectivity index (χ1) is 22.1. The summed E-state index contributed by atoms with van der Waals surface area (Å²) in [6.07, 6.45) is 10.6. The standard InChI is InChI=1S/C33H49BrN4O6S3/c1-33(2,3)26-8-10-27(11-9-26)47(43,44)38-19-14-25(15-20-38)7-5-6-24-12-17-37(18-13-24)31-29(34)22-28(23-35-31)46(41,42)36-30(32(39)40)16-21-45-4/h8-11,22-25,30,36H,5-7,12-21H2,1-4H3,(H,39,40). The lowest BCUT2D eigenvalue weighted by Gasteiger charge is -2.34. The van der Waals surface area contributed by atoms with E-state index < -0.39 is 32.1 Å². The number of carboxylic acid groups (broad SMARTS) is 1. The number of aliphatic carboxylic acids is 1. The smallest absolute Gasteiger partial charge is 0.321 e. The molecule has 0 saturated carbocycles. The molecule has 10 nitrogen and oxygen atoms in total. The largest absolute Gasteiger partial charge is 0.480 e. The molecule has 14 heteroatoms. The highest BCUT2D eigenvalue weighted by molar-refractivity contribution is 9.10. The summed E-state index contributed by atoms with van der Waals surface area (Å²) in [7, 11) is -7.52. The third-order valence-corrected chi connectivity index (χ3v) is 14.0. The number of hydrogen-bond donors (Lipinski definition) is 2. The van der Waals surface area contributed by atoms with Crippen LogP contribution in [0.4, 0.5) is 5.82 Å². The van der Waals surface area contributed by atoms with Crippen LogP contribution in [0.25, 0.3) is 0 Å². The van der Waals surface area contributed by atoms with Crippen LogP contribution >= 0.6 is 27.7 Å². The number of sulfonamides is 2. The van der Waals surface area contributed by atoms with E-state index in [1.54, 1.807) is 16.4 Å². The molecular formula is C33H49BrN4O6S3. The Hall–Kier alpha value is -1.71. The van der Waals surface area contributed by atoms with Gasteiger partial charge in [-0.1, -0.05) is 52.2 Å². The van der Waals surface area contributed by atoms with Crippen LogP contribution in [0.5, 0.6) is 0 Å². The van der Waals surface area contributed by atoms with Gasteiger partial charge in [-0.25, -0.2) is 21.8 Å². The quantitative estimate of drug-likeness (QED) is 0.233. The number of anilines is 1. The zero-order valence-corrected chi connectivity index (χ0v) is 31.9. The van der Waals surface area contributed by atoms with E-state index >= 15 is 0 Å². The van der Waals surface area contributed by atoms with Crippen molar-refractivity contribution in [2.24, 2.45) is 11.8 Å². The van der Waals surface area contributed by atoms with Crippen LogP contribution in [0.3, 0.4) is 0 Å². The molecule has 4 rings (SSSR count). The summed E-state index contributed by atoms with van der Waals surface area (Å²) in [5.74, 6) is 1.16. The molecule has 2 aromatic rings. The molecule has 1 aromatic heterocycles. The number of rotatable bonds is 14. The normalized spacial score (nSPS) is 18.4. The molecule has 1 aromatic carbocycles. The molecule has 47 heavy (non-hydrogen) atoms. The first-order valence-electron chi connectivity index (χ1n) is 16.4. The molecule has 0 aliphatic carbocycles. The van der Waals surface area contributed by atoms with Crippen molar-refractivity contribution in [2.45, 2.75) is 93.4 Å². The molecule has 1 unspecified atom stereocenters. The third kappa shape index (κ3) is 10.2. The second-order valence-corrected chi connectivity index (χ2v) is 19.2. The molecule has 2 fully saturated rings. The number of carboxylic acids is 1. The number of thioether (sulfide) groups is 1. The Morgan fingerprint density at radius 2 is 1.57 bits per heavy atom. The Labute approximate surface area is 293 Å². The van der Waals surface area contributed by atoms with E-state index in [1.165, 1.54) is 24.0 Å². The Morgan fingerprint density at radius 3 is 2.09 bits per heavy atom. The molecule has 3 heterocycles. The van der Waals surface area contributed by atoms with Gasteiger partial charge in [0.1, 0.15) is 16.8 Å². The van der Waals surface area contributed by atoms with Crippen molar-refractivity contribution in [1.82, 2.24) is 14.0 Å². The maximum Gasteiger partial charge on any atom is 0.321 e. The maximum atomic E-state index is 13.2. The molecule has 2 aliphatic heterocycles. The highest BCUT2D eigenvalue weighted by Gasteiger charge is 2.31. The van der Waals surface area contributed by atoms with E-state index in [2.05, 4.69) is 51.3 Å². The maximum absolute atomic E-state index is 13.2. The third-order valence-electron chi connectivity index (χ3n) is 9.38. The van der Waals surface area contributed by atoms with Crippen molar-refractivity contribution in [3.8, 4) is 0 Å². The van der Waals surface area contributed by atoms with Gasteiger partial charge in [-0.3, -0.25) is 4.79 Å². The minimum Gasteiger partial charge on any atom is -0.480 e. The number of aromatic nitrogens is 1. The molecule has 0 spiro atoms. The van der Waals surface area contributed by atoms with Crippen LogP contribution in [0.1, 0.15) is 77.7 Å². The predicted molar refractivity (Wildman–Crippen MR) is 192 cm³/mol. The Kier molecular flexibility index (Phi) is 13.2. The molecule has 1 atom stereocenters. The number of nitrogens with zero attached hydrogens (tertiary/aromatic N) is 3. The first-order valence-corrected chi connectivity index (χ1v) is 21.5. The van der Waals surface area contributed by atoms with Crippen molar-refractivity contribution < 1.29 is 26.7 Å². The molecule has 2 N–H and O–H groups in total. The van der Waals surface area contributed by atoms with Gasteiger partial charge >= 0.3 is 5.97 Å². The monoisotopic (exact) mass is 772 g/mol. The van der Waals surface area contributed by atoms with Crippen molar-refractivity contribution in [3.63, 3.8) is 0 Å². The van der Waals surface area contributed by atoms with Crippen LogP contribution in [0, 0.1) is 11.8 Å². The van der Waals surface area contributed by atoms with E-state index in [0.717, 1.165) is 63.6 Å². The number of hydrogen-bond acceptors (Lipinski definition) is 8. The van der Waals surface area contributed by atoms with Gasteiger partial charge in [-0.15, -0.1) is 0 Å². The fourth-order valence-electron chi connectivity index (χ4n) is 6.36. The van der Waals surface area contributed by atoms with Gasteiger partial charge in [0.15, 0.2) is 0 Å². The average molecular weight is 774 g/mol. The van der Waals surface area contributed by atoms with Gasteiger partial charge in [-0.2, -0.15) is 20.8 Å². The SMILES string of the molecule is CSCCC(NS(=O)(=O)c1cnc(N2CCC(CCCC3CCN(S(=O)(=O)c4ccc(C(C)(C)C)cc4)CC3)CC2)c(Br)c1)C(=O)O. The molecular weight excluding hydrogens is 724 g/mol. The first kappa shape index (κ1) is 38.1. The fraction of sp³-hybridized carbons (Fsp3) is 0.636. The van der Waals surface area contributed by atoms with Gasteiger partial charge in [-0.05, 0) is 101 Å². The van der Waals surface area contributed by atoms with Crippen LogP contribution in [0.15, 0.2) is 50.8 Å². The predicted octanol–water partition coefficient (Wildman–Crippen LogP) is 6.11. The number of nitrogens with one attached hydrogen (secondary N) is 1. The van der Waals surface area contributed by atoms with Crippen molar-refractivity contribution in [2.75, 3.05) is 43.1 Å². The summed E-state index contributed by atoms with van der Waals surface area (Å²) >= 11 is 4.95. The second kappa shape index (κ2) is 16.3. The molecule has 262 valence electrons. The van der Waals surface area contributed by atoms with E-state index in [1.807, 2.05) is 18.4 Å². The zero-order chi connectivity index (χ0) is 34.4. The minimum atomic E-state index is -4.05. The van der Waals surface area contributed by atoms with E-state index in [4.69, 9.17) is 0 Å². The summed E-state index contributed by atoms with van der Waals surface area (Å²) in [6.45, 7) is 9.15. The summed E-state index contributed by atoms with van der Waals surface area (Å²) in [5.41, 5.74) is 1.10. The number of carbonyl (C=O) groups is 1. The van der Waals surface area contributed by atoms with Crippen molar-refractivity contribution in [1.29, 1.82) is 0 Å².